The van der Waals surface area contributed by atoms with E-state index in [2.05, 4.69) is 0 Å². The zero-order valence-electron chi connectivity index (χ0n) is 24.4. The number of phosphoric acid groups is 1. The number of hydrogen-bond donors (Lipinski definition) is 0. The first-order valence-corrected chi connectivity index (χ1v) is 14.2. The van der Waals surface area contributed by atoms with Gasteiger partial charge in [0.1, 0.15) is 11.4 Å². The number of alkyl halides is 1. The van der Waals surface area contributed by atoms with Crippen LogP contribution in [0.4, 0.5) is 0 Å². The van der Waals surface area contributed by atoms with Crippen molar-refractivity contribution in [1.29, 1.82) is 0 Å². The highest BCUT2D eigenvalue weighted by atomic mass is 35.5. The summed E-state index contributed by atoms with van der Waals surface area (Å²) in [4.78, 5) is 25.3. The van der Waals surface area contributed by atoms with Gasteiger partial charge in [0, 0.05) is 11.0 Å². The van der Waals surface area contributed by atoms with Gasteiger partial charge in [-0.15, -0.1) is 0 Å². The summed E-state index contributed by atoms with van der Waals surface area (Å²) < 4.78 is 42.3. The number of rotatable bonds is 10. The van der Waals surface area contributed by atoms with Crippen molar-refractivity contribution in [2.75, 3.05) is 6.07 Å². The van der Waals surface area contributed by atoms with Crippen molar-refractivity contribution in [3.05, 3.63) is 28.8 Å². The third kappa shape index (κ3) is 12.2. The average molecular weight is 563 g/mol. The molecular weight excluding hydrogens is 519 g/mol. The number of carbonyl (C=O) groups is 2. The van der Waals surface area contributed by atoms with Crippen LogP contribution in [0.3, 0.4) is 0 Å². The molecule has 0 aromatic heterocycles. The number of benzene rings is 1. The highest BCUT2D eigenvalue weighted by Gasteiger charge is 2.41. The first-order valence-electron chi connectivity index (χ1n) is 12.2. The molecule has 0 fully saturated rings. The van der Waals surface area contributed by atoms with Crippen LogP contribution in [0.1, 0.15) is 99.3 Å². The van der Waals surface area contributed by atoms with Crippen LogP contribution in [0.2, 0.25) is 0 Å². The third-order valence-electron chi connectivity index (χ3n) is 4.54. The lowest BCUT2D eigenvalue weighted by Gasteiger charge is -2.34. The second kappa shape index (κ2) is 12.1. The number of carbonyl (C=O) groups excluding carboxylic acids is 2. The van der Waals surface area contributed by atoms with Gasteiger partial charge in [0.25, 0.3) is 0 Å². The van der Waals surface area contributed by atoms with E-state index in [9.17, 15) is 14.2 Å². The number of aryl methyl sites for hydroxylation is 1. The summed E-state index contributed by atoms with van der Waals surface area (Å²) >= 11 is 5.60. The largest absolute Gasteiger partial charge is 0.531 e. The Morgan fingerprint density at radius 1 is 0.838 bits per heavy atom. The van der Waals surface area contributed by atoms with Gasteiger partial charge < -0.3 is 14.0 Å². The van der Waals surface area contributed by atoms with E-state index in [4.69, 9.17) is 34.6 Å². The molecule has 0 amide bonds. The first-order chi connectivity index (χ1) is 16.5. The van der Waals surface area contributed by atoms with Crippen LogP contribution in [0.15, 0.2) is 12.1 Å². The molecule has 0 aliphatic carbocycles. The lowest BCUT2D eigenvalue weighted by molar-refractivity contribution is -0.154. The van der Waals surface area contributed by atoms with Gasteiger partial charge in [-0.2, -0.15) is 0 Å². The van der Waals surface area contributed by atoms with E-state index in [1.807, 2.05) is 13.0 Å². The van der Waals surface area contributed by atoms with Gasteiger partial charge >= 0.3 is 19.8 Å². The SMILES string of the molecule is Cc1cc(CC(=O)OC(C)(C)C)c(C(C)(C)CC(=O)OCCl)c(OP(=O)(OC(C)(C)C)OC(C)(C)C)c1. The van der Waals surface area contributed by atoms with E-state index in [1.165, 1.54) is 0 Å². The number of halogens is 1. The summed E-state index contributed by atoms with van der Waals surface area (Å²) in [5.41, 5.74) is -1.52. The molecule has 0 heterocycles. The van der Waals surface area contributed by atoms with Crippen molar-refractivity contribution in [3.8, 4) is 5.75 Å². The van der Waals surface area contributed by atoms with Crippen LogP contribution in [-0.2, 0) is 44.5 Å². The Kier molecular flexibility index (Phi) is 10.9. The standard InChI is InChI=1S/C27H44ClO8P/c1-18-13-19(15-21(29)33-24(2,3)4)23(27(11,12)16-22(30)32-17-28)20(14-18)34-37(31,35-25(5,6)7)36-26(8,9)10/h13-14H,15-17H2,1-12H3. The van der Waals surface area contributed by atoms with Gasteiger partial charge in [-0.1, -0.05) is 31.5 Å². The number of ether oxygens (including phenoxy) is 2. The molecule has 0 saturated heterocycles. The summed E-state index contributed by atoms with van der Waals surface area (Å²) in [6.45, 7) is 21.2. The minimum Gasteiger partial charge on any atom is -0.460 e. The second-order valence-electron chi connectivity index (χ2n) is 12.7. The Morgan fingerprint density at radius 2 is 1.35 bits per heavy atom. The maximum Gasteiger partial charge on any atom is 0.531 e. The minimum atomic E-state index is -4.19. The van der Waals surface area contributed by atoms with E-state index >= 15 is 0 Å². The molecule has 1 aromatic carbocycles. The van der Waals surface area contributed by atoms with Crippen LogP contribution in [0, 0.1) is 6.92 Å². The number of hydrogen-bond acceptors (Lipinski definition) is 8. The fourth-order valence-corrected chi connectivity index (χ4v) is 5.71. The molecule has 0 atom stereocenters. The van der Waals surface area contributed by atoms with E-state index in [1.54, 1.807) is 82.2 Å². The highest BCUT2D eigenvalue weighted by molar-refractivity contribution is 7.49. The Labute approximate surface area is 227 Å². The molecule has 0 radical (unpaired) electrons. The van der Waals surface area contributed by atoms with Crippen molar-refractivity contribution in [2.45, 2.75) is 118 Å². The van der Waals surface area contributed by atoms with Crippen molar-refractivity contribution >= 4 is 31.4 Å². The topological polar surface area (TPSA) is 97.4 Å². The van der Waals surface area contributed by atoms with Crippen LogP contribution >= 0.6 is 19.4 Å². The van der Waals surface area contributed by atoms with Crippen molar-refractivity contribution in [1.82, 2.24) is 0 Å². The summed E-state index contributed by atoms with van der Waals surface area (Å²) in [6, 6.07) is 3.22. The van der Waals surface area contributed by atoms with E-state index < -0.39 is 42.0 Å². The second-order valence-corrected chi connectivity index (χ2v) is 14.4. The van der Waals surface area contributed by atoms with E-state index in [0.29, 0.717) is 11.1 Å². The molecule has 0 saturated carbocycles. The van der Waals surface area contributed by atoms with Gasteiger partial charge in [-0.3, -0.25) is 18.6 Å². The predicted molar refractivity (Wildman–Crippen MR) is 145 cm³/mol. The molecule has 0 aliphatic heterocycles. The van der Waals surface area contributed by atoms with Crippen LogP contribution < -0.4 is 4.52 Å². The predicted octanol–water partition coefficient (Wildman–Crippen LogP) is 7.40. The Hall–Kier alpha value is -1.60. The molecule has 0 spiro atoms. The van der Waals surface area contributed by atoms with Crippen molar-refractivity contribution in [2.24, 2.45) is 0 Å². The monoisotopic (exact) mass is 562 g/mol. The fourth-order valence-electron chi connectivity index (χ4n) is 3.75. The quantitative estimate of drug-likeness (QED) is 0.165. The van der Waals surface area contributed by atoms with Gasteiger partial charge in [-0.05, 0) is 86.4 Å². The van der Waals surface area contributed by atoms with E-state index in [-0.39, 0.29) is 24.7 Å². The molecule has 1 aromatic rings. The van der Waals surface area contributed by atoms with Crippen molar-refractivity contribution < 1.29 is 37.2 Å². The Bertz CT molecular complexity index is 993. The number of phosphoric ester groups is 1. The number of esters is 2. The smallest absolute Gasteiger partial charge is 0.460 e. The molecule has 0 unspecified atom stereocenters. The zero-order chi connectivity index (χ0) is 29.0. The lowest BCUT2D eigenvalue weighted by atomic mass is 9.77. The zero-order valence-corrected chi connectivity index (χ0v) is 26.0. The van der Waals surface area contributed by atoms with Crippen LogP contribution in [-0.4, -0.2) is 34.8 Å². The Morgan fingerprint density at radius 3 is 1.78 bits per heavy atom. The summed E-state index contributed by atoms with van der Waals surface area (Å²) in [7, 11) is -4.19. The summed E-state index contributed by atoms with van der Waals surface area (Å²) in [5, 5.41) is 0. The van der Waals surface area contributed by atoms with E-state index in [0.717, 1.165) is 5.56 Å². The molecule has 0 N–H and O–H groups in total. The molecule has 37 heavy (non-hydrogen) atoms. The highest BCUT2D eigenvalue weighted by Crippen LogP contribution is 2.57. The maximum absolute atomic E-state index is 14.0. The molecule has 212 valence electrons. The molecule has 8 nitrogen and oxygen atoms in total. The fraction of sp³-hybridized carbons (Fsp3) is 0.704. The molecule has 0 aliphatic rings. The molecule has 0 bridgehead atoms. The summed E-state index contributed by atoms with van der Waals surface area (Å²) in [6.07, 6.45) is -0.172. The van der Waals surface area contributed by atoms with Crippen LogP contribution in [0.25, 0.3) is 0 Å². The lowest BCUT2D eigenvalue weighted by Crippen LogP contribution is -2.29. The van der Waals surface area contributed by atoms with Gasteiger partial charge in [0.15, 0.2) is 6.07 Å². The maximum atomic E-state index is 14.0. The molecule has 10 heteroatoms. The average Bonchev–Trinajstić information content (AvgIpc) is 2.54. The molecular formula is C27H44ClO8P. The first kappa shape index (κ1) is 33.4. The van der Waals surface area contributed by atoms with Gasteiger partial charge in [0.05, 0.1) is 24.0 Å². The van der Waals surface area contributed by atoms with Crippen LogP contribution in [0.5, 0.6) is 5.75 Å². The molecule has 1 rings (SSSR count). The summed E-state index contributed by atoms with van der Waals surface area (Å²) in [5.74, 6) is -0.807. The third-order valence-corrected chi connectivity index (χ3v) is 6.62. The van der Waals surface area contributed by atoms with Gasteiger partial charge in [-0.25, -0.2) is 4.57 Å². The minimum absolute atomic E-state index is 0.0784. The van der Waals surface area contributed by atoms with Gasteiger partial charge in [0.2, 0.25) is 0 Å². The Balaban J connectivity index is 3.78. The normalized spacial score (nSPS) is 13.3. The van der Waals surface area contributed by atoms with Crippen molar-refractivity contribution in [3.63, 3.8) is 0 Å².